The van der Waals surface area contributed by atoms with Crippen molar-refractivity contribution in [1.82, 2.24) is 14.6 Å². The highest BCUT2D eigenvalue weighted by atomic mass is 16.5. The number of aromatic nitrogens is 3. The summed E-state index contributed by atoms with van der Waals surface area (Å²) < 4.78 is 7.41. The van der Waals surface area contributed by atoms with E-state index in [1.54, 1.807) is 7.11 Å². The van der Waals surface area contributed by atoms with Gasteiger partial charge in [-0.25, -0.2) is 9.50 Å². The van der Waals surface area contributed by atoms with Crippen molar-refractivity contribution in [2.24, 2.45) is 0 Å². The molecule has 6 heteroatoms. The van der Waals surface area contributed by atoms with Crippen LogP contribution in [0.5, 0.6) is 5.75 Å². The molecule has 2 aromatic heterocycles. The molecule has 1 saturated heterocycles. The SMILES string of the molecule is COc1cccc(-c2cc(N3CCC[C@H]3CO)nc3c(-c4ccc(C)cc4)c(C)nn23)c1. The van der Waals surface area contributed by atoms with Crippen molar-refractivity contribution >= 4 is 11.5 Å². The summed E-state index contributed by atoms with van der Waals surface area (Å²) in [7, 11) is 1.68. The lowest BCUT2D eigenvalue weighted by Gasteiger charge is -2.25. The summed E-state index contributed by atoms with van der Waals surface area (Å²) in [4.78, 5) is 7.31. The van der Waals surface area contributed by atoms with Crippen LogP contribution in [0.15, 0.2) is 54.6 Å². The standard InChI is InChI=1S/C26H28N4O2/c1-17-9-11-19(12-10-17)25-18(2)28-30-23(20-6-4-8-22(14-20)32-3)15-24(27-26(25)30)29-13-5-7-21(29)16-31/h4,6,8-12,14-15,21,31H,5,7,13,16H2,1-3H3/t21-/m0/s1. The largest absolute Gasteiger partial charge is 0.497 e. The predicted octanol–water partition coefficient (Wildman–Crippen LogP) is 4.65. The van der Waals surface area contributed by atoms with Crippen molar-refractivity contribution in [3.05, 3.63) is 65.9 Å². The summed E-state index contributed by atoms with van der Waals surface area (Å²) in [5.74, 6) is 1.67. The van der Waals surface area contributed by atoms with Crippen LogP contribution in [0.3, 0.4) is 0 Å². The van der Waals surface area contributed by atoms with Gasteiger partial charge in [-0.1, -0.05) is 42.0 Å². The molecule has 6 nitrogen and oxygen atoms in total. The second-order valence-electron chi connectivity index (χ2n) is 8.47. The van der Waals surface area contributed by atoms with Gasteiger partial charge in [-0.05, 0) is 44.4 Å². The van der Waals surface area contributed by atoms with E-state index in [9.17, 15) is 5.11 Å². The zero-order chi connectivity index (χ0) is 22.2. The maximum atomic E-state index is 9.92. The third-order valence-electron chi connectivity index (χ3n) is 6.34. The molecule has 1 N–H and O–H groups in total. The van der Waals surface area contributed by atoms with E-state index in [1.807, 2.05) is 29.6 Å². The number of rotatable bonds is 5. The first-order chi connectivity index (χ1) is 15.6. The summed E-state index contributed by atoms with van der Waals surface area (Å²) >= 11 is 0. The first-order valence-corrected chi connectivity index (χ1v) is 11.1. The highest BCUT2D eigenvalue weighted by molar-refractivity contribution is 5.83. The lowest BCUT2D eigenvalue weighted by Crippen LogP contribution is -2.32. The first-order valence-electron chi connectivity index (χ1n) is 11.1. The van der Waals surface area contributed by atoms with E-state index in [2.05, 4.69) is 48.2 Å². The van der Waals surface area contributed by atoms with Gasteiger partial charge in [0.05, 0.1) is 31.1 Å². The van der Waals surface area contributed by atoms with Gasteiger partial charge in [0, 0.05) is 23.7 Å². The quantitative estimate of drug-likeness (QED) is 0.501. The maximum Gasteiger partial charge on any atom is 0.166 e. The second-order valence-corrected chi connectivity index (χ2v) is 8.47. The Morgan fingerprint density at radius 2 is 1.88 bits per heavy atom. The van der Waals surface area contributed by atoms with Crippen LogP contribution in [0, 0.1) is 13.8 Å². The number of aryl methyl sites for hydroxylation is 2. The molecule has 164 valence electrons. The van der Waals surface area contributed by atoms with E-state index in [0.29, 0.717) is 0 Å². The number of methoxy groups -OCH3 is 1. The Hall–Kier alpha value is -3.38. The summed E-state index contributed by atoms with van der Waals surface area (Å²) in [6, 6.07) is 18.7. The number of hydrogen-bond donors (Lipinski definition) is 1. The van der Waals surface area contributed by atoms with E-state index >= 15 is 0 Å². The molecule has 0 unspecified atom stereocenters. The van der Waals surface area contributed by atoms with Gasteiger partial charge >= 0.3 is 0 Å². The van der Waals surface area contributed by atoms with E-state index in [1.165, 1.54) is 5.56 Å². The fourth-order valence-corrected chi connectivity index (χ4v) is 4.63. The molecule has 4 aromatic rings. The van der Waals surface area contributed by atoms with Crippen molar-refractivity contribution in [1.29, 1.82) is 0 Å². The summed E-state index contributed by atoms with van der Waals surface area (Å²) in [5.41, 5.74) is 7.08. The Labute approximate surface area is 188 Å². The average Bonchev–Trinajstić information content (AvgIpc) is 3.42. The van der Waals surface area contributed by atoms with Crippen molar-refractivity contribution in [3.8, 4) is 28.1 Å². The number of aliphatic hydroxyl groups is 1. The summed E-state index contributed by atoms with van der Waals surface area (Å²) in [6.45, 7) is 5.14. The number of anilines is 1. The zero-order valence-corrected chi connectivity index (χ0v) is 18.7. The molecular formula is C26H28N4O2. The van der Waals surface area contributed by atoms with Crippen LogP contribution in [0.1, 0.15) is 24.1 Å². The lowest BCUT2D eigenvalue weighted by molar-refractivity contribution is 0.266. The molecule has 0 spiro atoms. The van der Waals surface area contributed by atoms with E-state index in [-0.39, 0.29) is 12.6 Å². The Bertz CT molecular complexity index is 1260. The number of fused-ring (bicyclic) bond motifs is 1. The Morgan fingerprint density at radius 3 is 2.62 bits per heavy atom. The molecule has 1 aliphatic rings. The minimum atomic E-state index is 0.0925. The van der Waals surface area contributed by atoms with Crippen LogP contribution in [-0.2, 0) is 0 Å². The smallest absolute Gasteiger partial charge is 0.166 e. The Balaban J connectivity index is 1.78. The molecule has 1 atom stereocenters. The normalized spacial score (nSPS) is 16.1. The maximum absolute atomic E-state index is 9.92. The lowest BCUT2D eigenvalue weighted by atomic mass is 10.0. The molecule has 0 amide bonds. The first kappa shape index (κ1) is 20.5. The zero-order valence-electron chi connectivity index (χ0n) is 18.7. The van der Waals surface area contributed by atoms with E-state index < -0.39 is 0 Å². The van der Waals surface area contributed by atoms with Gasteiger partial charge in [0.1, 0.15) is 11.6 Å². The molecule has 32 heavy (non-hydrogen) atoms. The van der Waals surface area contributed by atoms with Crippen molar-refractivity contribution in [2.45, 2.75) is 32.7 Å². The highest BCUT2D eigenvalue weighted by Gasteiger charge is 2.27. The summed E-state index contributed by atoms with van der Waals surface area (Å²) in [6.07, 6.45) is 2.02. The van der Waals surface area contributed by atoms with Gasteiger partial charge in [-0.15, -0.1) is 0 Å². The van der Waals surface area contributed by atoms with Crippen LogP contribution in [0.2, 0.25) is 0 Å². The van der Waals surface area contributed by atoms with Gasteiger partial charge in [-0.2, -0.15) is 5.10 Å². The van der Waals surface area contributed by atoms with Gasteiger partial charge in [0.25, 0.3) is 0 Å². The minimum Gasteiger partial charge on any atom is -0.497 e. The second kappa shape index (κ2) is 8.28. The van der Waals surface area contributed by atoms with Gasteiger partial charge < -0.3 is 14.7 Å². The molecular weight excluding hydrogens is 400 g/mol. The molecule has 0 radical (unpaired) electrons. The topological polar surface area (TPSA) is 62.9 Å². The van der Waals surface area contributed by atoms with Crippen LogP contribution in [-0.4, -0.2) is 46.0 Å². The van der Waals surface area contributed by atoms with Gasteiger partial charge in [-0.3, -0.25) is 0 Å². The fourth-order valence-electron chi connectivity index (χ4n) is 4.63. The van der Waals surface area contributed by atoms with E-state index in [4.69, 9.17) is 14.8 Å². The van der Waals surface area contributed by atoms with Crippen LogP contribution in [0.25, 0.3) is 28.0 Å². The fraction of sp³-hybridized carbons (Fsp3) is 0.308. The van der Waals surface area contributed by atoms with Crippen LogP contribution < -0.4 is 9.64 Å². The monoisotopic (exact) mass is 428 g/mol. The third-order valence-corrected chi connectivity index (χ3v) is 6.34. The van der Waals surface area contributed by atoms with Crippen molar-refractivity contribution in [3.63, 3.8) is 0 Å². The number of nitrogens with zero attached hydrogens (tertiary/aromatic N) is 4. The van der Waals surface area contributed by atoms with E-state index in [0.717, 1.165) is 64.7 Å². The number of hydrogen-bond acceptors (Lipinski definition) is 5. The Morgan fingerprint density at radius 1 is 1.06 bits per heavy atom. The van der Waals surface area contributed by atoms with Crippen molar-refractivity contribution in [2.75, 3.05) is 25.2 Å². The number of aliphatic hydroxyl groups excluding tert-OH is 1. The van der Waals surface area contributed by atoms with Crippen molar-refractivity contribution < 1.29 is 9.84 Å². The molecule has 1 fully saturated rings. The summed E-state index contributed by atoms with van der Waals surface area (Å²) in [5, 5.41) is 14.8. The van der Waals surface area contributed by atoms with Gasteiger partial charge in [0.2, 0.25) is 0 Å². The minimum absolute atomic E-state index is 0.0925. The van der Waals surface area contributed by atoms with Crippen LogP contribution >= 0.6 is 0 Å². The Kier molecular flexibility index (Phi) is 5.31. The molecule has 5 rings (SSSR count). The predicted molar refractivity (Wildman–Crippen MR) is 127 cm³/mol. The van der Waals surface area contributed by atoms with Crippen LogP contribution in [0.4, 0.5) is 5.82 Å². The molecule has 0 aliphatic carbocycles. The molecule has 0 bridgehead atoms. The average molecular weight is 429 g/mol. The molecule has 3 heterocycles. The molecule has 2 aromatic carbocycles. The molecule has 1 aliphatic heterocycles. The van der Waals surface area contributed by atoms with Gasteiger partial charge in [0.15, 0.2) is 5.65 Å². The number of ether oxygens (including phenoxy) is 1. The molecule has 0 saturated carbocycles. The highest BCUT2D eigenvalue weighted by Crippen LogP contribution is 2.35. The number of benzene rings is 2. The third kappa shape index (κ3) is 3.50.